The van der Waals surface area contributed by atoms with Crippen molar-refractivity contribution in [2.75, 3.05) is 10.2 Å². The number of nitrogens with zero attached hydrogens (tertiary/aromatic N) is 2. The maximum Gasteiger partial charge on any atom is 0.269 e. The van der Waals surface area contributed by atoms with Crippen LogP contribution in [0.25, 0.3) is 0 Å². The van der Waals surface area contributed by atoms with Gasteiger partial charge in [-0.3, -0.25) is 14.5 Å². The van der Waals surface area contributed by atoms with Gasteiger partial charge in [-0.2, -0.15) is 5.26 Å². The van der Waals surface area contributed by atoms with Crippen LogP contribution < -0.4 is 10.2 Å². The Morgan fingerprint density at radius 2 is 1.82 bits per heavy atom. The molecule has 0 bridgehead atoms. The van der Waals surface area contributed by atoms with E-state index in [0.29, 0.717) is 27.8 Å². The Bertz CT molecular complexity index is 1330. The standard InChI is InChI=1S/C27H22ClN3O2S/c1-17-8-6-13-23(18(17)2)30-25(32)22(16-29)27-31(21-11-4-3-5-12-21)26(33)24(34-27)15-19-9-7-10-20(28)14-19/h3-14,24H,15H2,1-2H3,(H,30,32). The summed E-state index contributed by atoms with van der Waals surface area (Å²) >= 11 is 7.36. The average molecular weight is 488 g/mol. The van der Waals surface area contributed by atoms with Crippen molar-refractivity contribution in [3.8, 4) is 6.07 Å². The second kappa shape index (κ2) is 10.2. The number of nitrogens with one attached hydrogen (secondary N) is 1. The van der Waals surface area contributed by atoms with E-state index < -0.39 is 11.2 Å². The molecule has 1 fully saturated rings. The Morgan fingerprint density at radius 3 is 2.53 bits per heavy atom. The first-order valence-electron chi connectivity index (χ1n) is 10.7. The van der Waals surface area contributed by atoms with Crippen LogP contribution in [0.3, 0.4) is 0 Å². The van der Waals surface area contributed by atoms with Crippen molar-refractivity contribution in [2.45, 2.75) is 25.5 Å². The van der Waals surface area contributed by atoms with Gasteiger partial charge in [0.15, 0.2) is 0 Å². The number of anilines is 2. The molecule has 1 N–H and O–H groups in total. The van der Waals surface area contributed by atoms with E-state index in [2.05, 4.69) is 5.32 Å². The van der Waals surface area contributed by atoms with Crippen LogP contribution in [0.4, 0.5) is 11.4 Å². The Balaban J connectivity index is 1.73. The molecule has 0 saturated carbocycles. The number of hydrogen-bond acceptors (Lipinski definition) is 4. The van der Waals surface area contributed by atoms with Gasteiger partial charge in [0.1, 0.15) is 16.7 Å². The number of aryl methyl sites for hydroxylation is 1. The highest BCUT2D eigenvalue weighted by molar-refractivity contribution is 8.05. The largest absolute Gasteiger partial charge is 0.321 e. The molecule has 0 spiro atoms. The first-order valence-corrected chi connectivity index (χ1v) is 12.0. The van der Waals surface area contributed by atoms with E-state index in [9.17, 15) is 14.9 Å². The Labute approximate surface area is 208 Å². The summed E-state index contributed by atoms with van der Waals surface area (Å²) in [6.45, 7) is 3.87. The summed E-state index contributed by atoms with van der Waals surface area (Å²) in [4.78, 5) is 28.2. The van der Waals surface area contributed by atoms with Gasteiger partial charge in [0, 0.05) is 16.4 Å². The van der Waals surface area contributed by atoms with E-state index in [-0.39, 0.29) is 11.5 Å². The molecule has 4 rings (SSSR count). The molecule has 1 unspecified atom stereocenters. The van der Waals surface area contributed by atoms with Crippen molar-refractivity contribution in [2.24, 2.45) is 0 Å². The predicted molar refractivity (Wildman–Crippen MR) is 138 cm³/mol. The molecule has 3 aromatic carbocycles. The molecule has 1 aliphatic heterocycles. The Morgan fingerprint density at radius 1 is 1.09 bits per heavy atom. The smallest absolute Gasteiger partial charge is 0.269 e. The minimum Gasteiger partial charge on any atom is -0.321 e. The third-order valence-electron chi connectivity index (χ3n) is 5.68. The molecule has 1 atom stereocenters. The fourth-order valence-electron chi connectivity index (χ4n) is 3.75. The van der Waals surface area contributed by atoms with Gasteiger partial charge in [0.2, 0.25) is 5.91 Å². The van der Waals surface area contributed by atoms with Crippen molar-refractivity contribution in [3.63, 3.8) is 0 Å². The van der Waals surface area contributed by atoms with E-state index in [0.717, 1.165) is 16.7 Å². The SMILES string of the molecule is Cc1cccc(NC(=O)C(C#N)=C2SC(Cc3cccc(Cl)c3)C(=O)N2c2ccccc2)c1C. The molecule has 0 aromatic heterocycles. The average Bonchev–Trinajstić information content (AvgIpc) is 3.13. The molecule has 34 heavy (non-hydrogen) atoms. The zero-order valence-corrected chi connectivity index (χ0v) is 20.3. The first-order chi connectivity index (χ1) is 16.4. The van der Waals surface area contributed by atoms with Crippen LogP contribution in [0.1, 0.15) is 16.7 Å². The highest BCUT2D eigenvalue weighted by Gasteiger charge is 2.40. The van der Waals surface area contributed by atoms with Gasteiger partial charge in [0.25, 0.3) is 5.91 Å². The topological polar surface area (TPSA) is 73.2 Å². The fraction of sp³-hybridized carbons (Fsp3) is 0.148. The van der Waals surface area contributed by atoms with Crippen LogP contribution in [-0.2, 0) is 16.0 Å². The number of para-hydroxylation sites is 1. The van der Waals surface area contributed by atoms with Crippen molar-refractivity contribution in [1.82, 2.24) is 0 Å². The maximum absolute atomic E-state index is 13.5. The minimum absolute atomic E-state index is 0.100. The summed E-state index contributed by atoms with van der Waals surface area (Å²) < 4.78 is 0. The molecule has 1 heterocycles. The molecular weight excluding hydrogens is 466 g/mol. The van der Waals surface area contributed by atoms with Gasteiger partial charge < -0.3 is 5.32 Å². The van der Waals surface area contributed by atoms with Crippen molar-refractivity contribution in [3.05, 3.63) is 105 Å². The number of thioether (sulfide) groups is 1. The lowest BCUT2D eigenvalue weighted by Gasteiger charge is -2.19. The highest BCUT2D eigenvalue weighted by Crippen LogP contribution is 2.42. The van der Waals surface area contributed by atoms with E-state index in [1.54, 1.807) is 24.3 Å². The normalized spacial score (nSPS) is 16.8. The summed E-state index contributed by atoms with van der Waals surface area (Å²) in [6.07, 6.45) is 0.425. The molecule has 2 amide bonds. The van der Waals surface area contributed by atoms with Crippen LogP contribution in [0.2, 0.25) is 5.02 Å². The summed E-state index contributed by atoms with van der Waals surface area (Å²) in [5.41, 5.74) is 4.00. The molecule has 0 radical (unpaired) electrons. The van der Waals surface area contributed by atoms with Crippen LogP contribution >= 0.6 is 23.4 Å². The monoisotopic (exact) mass is 487 g/mol. The number of hydrogen-bond donors (Lipinski definition) is 1. The lowest BCUT2D eigenvalue weighted by molar-refractivity contribution is -0.117. The third-order valence-corrected chi connectivity index (χ3v) is 7.18. The number of amides is 2. The molecule has 0 aliphatic carbocycles. The summed E-state index contributed by atoms with van der Waals surface area (Å²) in [7, 11) is 0. The van der Waals surface area contributed by atoms with Gasteiger partial charge in [-0.15, -0.1) is 0 Å². The van der Waals surface area contributed by atoms with Gasteiger partial charge >= 0.3 is 0 Å². The number of carbonyl (C=O) groups excluding carboxylic acids is 2. The molecule has 7 heteroatoms. The third kappa shape index (κ3) is 4.86. The van der Waals surface area contributed by atoms with E-state index in [1.807, 2.05) is 68.4 Å². The fourth-order valence-corrected chi connectivity index (χ4v) is 5.27. The van der Waals surface area contributed by atoms with Crippen LogP contribution in [-0.4, -0.2) is 17.1 Å². The summed E-state index contributed by atoms with van der Waals surface area (Å²) in [6, 6.07) is 24.1. The number of halogens is 1. The van der Waals surface area contributed by atoms with Crippen LogP contribution in [0.15, 0.2) is 83.4 Å². The zero-order valence-electron chi connectivity index (χ0n) is 18.7. The Hall–Kier alpha value is -3.53. The van der Waals surface area contributed by atoms with Crippen molar-refractivity contribution in [1.29, 1.82) is 5.26 Å². The second-order valence-electron chi connectivity index (χ2n) is 7.94. The van der Waals surface area contributed by atoms with Crippen LogP contribution in [0.5, 0.6) is 0 Å². The van der Waals surface area contributed by atoms with Gasteiger partial charge in [-0.25, -0.2) is 0 Å². The van der Waals surface area contributed by atoms with E-state index in [1.165, 1.54) is 16.7 Å². The number of nitriles is 1. The maximum atomic E-state index is 13.5. The minimum atomic E-state index is -0.546. The Kier molecular flexibility index (Phi) is 7.06. The van der Waals surface area contributed by atoms with Gasteiger partial charge in [-0.1, -0.05) is 65.8 Å². The molecule has 3 aromatic rings. The summed E-state index contributed by atoms with van der Waals surface area (Å²) in [5.74, 6) is -0.728. The van der Waals surface area contributed by atoms with Gasteiger partial charge in [0.05, 0.1) is 5.25 Å². The van der Waals surface area contributed by atoms with Crippen LogP contribution in [0, 0.1) is 25.2 Å². The van der Waals surface area contributed by atoms with E-state index >= 15 is 0 Å². The molecule has 1 saturated heterocycles. The van der Waals surface area contributed by atoms with Crippen molar-refractivity contribution >= 4 is 46.6 Å². The quantitative estimate of drug-likeness (QED) is 0.352. The lowest BCUT2D eigenvalue weighted by Crippen LogP contribution is -2.30. The molecule has 5 nitrogen and oxygen atoms in total. The first kappa shape index (κ1) is 23.6. The van der Waals surface area contributed by atoms with Crippen molar-refractivity contribution < 1.29 is 9.59 Å². The number of carbonyl (C=O) groups is 2. The molecular formula is C27H22ClN3O2S. The molecule has 170 valence electrons. The number of benzene rings is 3. The zero-order chi connectivity index (χ0) is 24.2. The van der Waals surface area contributed by atoms with Gasteiger partial charge in [-0.05, 0) is 67.3 Å². The number of rotatable bonds is 5. The van der Waals surface area contributed by atoms with E-state index in [4.69, 9.17) is 11.6 Å². The summed E-state index contributed by atoms with van der Waals surface area (Å²) in [5, 5.41) is 13.3. The second-order valence-corrected chi connectivity index (χ2v) is 9.57. The highest BCUT2D eigenvalue weighted by atomic mass is 35.5. The predicted octanol–water partition coefficient (Wildman–Crippen LogP) is 6.02. The lowest BCUT2D eigenvalue weighted by atomic mass is 10.1. The molecule has 1 aliphatic rings.